The highest BCUT2D eigenvalue weighted by Gasteiger charge is 2.26. The van der Waals surface area contributed by atoms with E-state index in [9.17, 15) is 0 Å². The van der Waals surface area contributed by atoms with E-state index in [1.807, 2.05) is 30.3 Å². The molecule has 2 aliphatic rings. The van der Waals surface area contributed by atoms with E-state index in [1.54, 1.807) is 12.5 Å². The van der Waals surface area contributed by atoms with E-state index < -0.39 is 0 Å². The molecule has 0 saturated carbocycles. The molecule has 2 aliphatic heterocycles. The van der Waals surface area contributed by atoms with Crippen molar-refractivity contribution < 1.29 is 13.6 Å². The molecule has 2 N–H and O–H groups in total. The van der Waals surface area contributed by atoms with Gasteiger partial charge in [0.25, 0.3) is 0 Å². The van der Waals surface area contributed by atoms with Gasteiger partial charge in [-0.2, -0.15) is 0 Å². The van der Waals surface area contributed by atoms with E-state index in [1.165, 1.54) is 18.4 Å². The number of furan rings is 2. The minimum absolute atomic E-state index is 0. The van der Waals surface area contributed by atoms with Crippen molar-refractivity contribution in [3.05, 3.63) is 78.1 Å². The number of aliphatic imine (C=N–C) groups is 1. The second kappa shape index (κ2) is 12.3. The molecule has 0 amide bonds. The Balaban J connectivity index is 0.00000274. The van der Waals surface area contributed by atoms with Crippen LogP contribution in [0.15, 0.2) is 74.9 Å². The molecule has 0 aliphatic carbocycles. The summed E-state index contributed by atoms with van der Waals surface area (Å²) in [7, 11) is 0. The Bertz CT molecular complexity index is 1020. The van der Waals surface area contributed by atoms with Crippen molar-refractivity contribution in [2.24, 2.45) is 4.99 Å². The number of para-hydroxylation sites is 1. The summed E-state index contributed by atoms with van der Waals surface area (Å²) in [4.78, 5) is 7.51. The lowest BCUT2D eigenvalue weighted by atomic mass is 10.0. The monoisotopic (exact) mass is 576 g/mol. The van der Waals surface area contributed by atoms with Crippen LogP contribution in [0.4, 0.5) is 0 Å². The van der Waals surface area contributed by atoms with Gasteiger partial charge in [0, 0.05) is 24.9 Å². The van der Waals surface area contributed by atoms with Crippen LogP contribution in [0.1, 0.15) is 48.4 Å². The second-order valence-corrected chi connectivity index (χ2v) is 8.59. The number of hydrogen-bond acceptors (Lipinski definition) is 5. The van der Waals surface area contributed by atoms with Crippen LogP contribution in [-0.4, -0.2) is 43.6 Å². The molecular formula is C26H33IN4O3. The average molecular weight is 576 g/mol. The van der Waals surface area contributed by atoms with Gasteiger partial charge in [-0.05, 0) is 56.3 Å². The average Bonchev–Trinajstić information content (AvgIpc) is 3.63. The quantitative estimate of drug-likeness (QED) is 0.225. The Hall–Kier alpha value is -2.46. The molecule has 2 atom stereocenters. The van der Waals surface area contributed by atoms with E-state index in [-0.39, 0.29) is 36.1 Å². The number of nitrogens with one attached hydrogen (secondary N) is 2. The molecule has 34 heavy (non-hydrogen) atoms. The third kappa shape index (κ3) is 6.15. The van der Waals surface area contributed by atoms with Gasteiger partial charge in [0.15, 0.2) is 5.96 Å². The number of rotatable bonds is 8. The molecule has 2 aromatic heterocycles. The van der Waals surface area contributed by atoms with Gasteiger partial charge >= 0.3 is 0 Å². The van der Waals surface area contributed by atoms with Crippen molar-refractivity contribution >= 4 is 29.9 Å². The number of halogens is 1. The summed E-state index contributed by atoms with van der Waals surface area (Å²) in [5.74, 6) is 3.69. The number of fused-ring (bicyclic) bond motifs is 1. The van der Waals surface area contributed by atoms with Crippen LogP contribution in [-0.2, 0) is 6.42 Å². The molecule has 182 valence electrons. The Labute approximate surface area is 218 Å². The van der Waals surface area contributed by atoms with E-state index in [2.05, 4.69) is 33.7 Å². The van der Waals surface area contributed by atoms with Crippen LogP contribution in [0.25, 0.3) is 0 Å². The topological polar surface area (TPSA) is 75.2 Å². The summed E-state index contributed by atoms with van der Waals surface area (Å²) in [5, 5.41) is 7.18. The van der Waals surface area contributed by atoms with Crippen molar-refractivity contribution in [3.63, 3.8) is 0 Å². The molecule has 0 radical (unpaired) electrons. The summed E-state index contributed by atoms with van der Waals surface area (Å²) < 4.78 is 17.1. The zero-order chi connectivity index (χ0) is 22.3. The number of nitrogens with zero attached hydrogens (tertiary/aromatic N) is 2. The van der Waals surface area contributed by atoms with Crippen LogP contribution in [0.2, 0.25) is 0 Å². The maximum absolute atomic E-state index is 5.85. The normalized spacial score (nSPS) is 19.1. The molecule has 3 aromatic rings. The Morgan fingerprint density at radius 2 is 1.85 bits per heavy atom. The summed E-state index contributed by atoms with van der Waals surface area (Å²) in [6.07, 6.45) is 7.61. The maximum Gasteiger partial charge on any atom is 0.191 e. The molecule has 4 heterocycles. The molecule has 0 bridgehead atoms. The van der Waals surface area contributed by atoms with Crippen LogP contribution in [0.5, 0.6) is 5.75 Å². The van der Waals surface area contributed by atoms with Gasteiger partial charge in [-0.15, -0.1) is 24.0 Å². The van der Waals surface area contributed by atoms with Crippen LogP contribution >= 0.6 is 24.0 Å². The lowest BCUT2D eigenvalue weighted by Gasteiger charge is -2.29. The Kier molecular flexibility index (Phi) is 8.92. The van der Waals surface area contributed by atoms with E-state index >= 15 is 0 Å². The Morgan fingerprint density at radius 3 is 2.65 bits per heavy atom. The molecule has 0 spiro atoms. The first-order chi connectivity index (χ1) is 16.4. The van der Waals surface area contributed by atoms with Crippen molar-refractivity contribution in [1.29, 1.82) is 0 Å². The fourth-order valence-corrected chi connectivity index (χ4v) is 4.67. The number of benzene rings is 1. The van der Waals surface area contributed by atoms with E-state index in [4.69, 9.17) is 18.6 Å². The zero-order valence-corrected chi connectivity index (χ0v) is 21.6. The van der Waals surface area contributed by atoms with E-state index in [0.717, 1.165) is 55.7 Å². The standard InChI is InChI=1S/C26H32N4O3.HI/c1-2-9-24-21(8-1)22(12-18-33-24)29-26(27-13-11-20-7-5-16-31-20)28-19-23(25-10-6-17-32-25)30-14-3-4-15-30;/h1-2,5-10,16-17,22-23H,3-4,11-15,18-19H2,(H2,27,28,29);1H. The van der Waals surface area contributed by atoms with Gasteiger partial charge in [0.1, 0.15) is 17.3 Å². The fraction of sp³-hybridized carbons (Fsp3) is 0.423. The highest BCUT2D eigenvalue weighted by molar-refractivity contribution is 14.0. The van der Waals surface area contributed by atoms with Crippen molar-refractivity contribution in [3.8, 4) is 5.75 Å². The first-order valence-electron chi connectivity index (χ1n) is 11.9. The SMILES string of the molecule is I.c1coc(CCNC(=NCC(c2ccco2)N2CCCC2)NC2CCOc3ccccc32)c1. The predicted molar refractivity (Wildman–Crippen MR) is 143 cm³/mol. The van der Waals surface area contributed by atoms with Crippen LogP contribution < -0.4 is 15.4 Å². The number of guanidine groups is 1. The van der Waals surface area contributed by atoms with Gasteiger partial charge in [-0.25, -0.2) is 0 Å². The van der Waals surface area contributed by atoms with Crippen LogP contribution in [0.3, 0.4) is 0 Å². The van der Waals surface area contributed by atoms with Crippen molar-refractivity contribution in [2.45, 2.75) is 37.8 Å². The summed E-state index contributed by atoms with van der Waals surface area (Å²) in [6.45, 7) is 4.23. The summed E-state index contributed by atoms with van der Waals surface area (Å²) in [6, 6.07) is 16.5. The van der Waals surface area contributed by atoms with Crippen LogP contribution in [0, 0.1) is 0 Å². The lowest BCUT2D eigenvalue weighted by molar-refractivity contribution is 0.221. The first-order valence-corrected chi connectivity index (χ1v) is 11.9. The molecule has 5 rings (SSSR count). The Morgan fingerprint density at radius 1 is 1.03 bits per heavy atom. The number of ether oxygens (including phenoxy) is 1. The zero-order valence-electron chi connectivity index (χ0n) is 19.3. The molecule has 1 saturated heterocycles. The third-order valence-electron chi connectivity index (χ3n) is 6.39. The third-order valence-corrected chi connectivity index (χ3v) is 6.39. The van der Waals surface area contributed by atoms with Gasteiger partial charge in [0.2, 0.25) is 0 Å². The molecule has 1 fully saturated rings. The largest absolute Gasteiger partial charge is 0.493 e. The van der Waals surface area contributed by atoms with Gasteiger partial charge < -0.3 is 24.2 Å². The molecule has 1 aromatic carbocycles. The molecule has 8 heteroatoms. The molecular weight excluding hydrogens is 543 g/mol. The number of hydrogen-bond donors (Lipinski definition) is 2. The molecule has 7 nitrogen and oxygen atoms in total. The minimum atomic E-state index is 0. The highest BCUT2D eigenvalue weighted by atomic mass is 127. The minimum Gasteiger partial charge on any atom is -0.493 e. The maximum atomic E-state index is 5.85. The van der Waals surface area contributed by atoms with Crippen molar-refractivity contribution in [1.82, 2.24) is 15.5 Å². The van der Waals surface area contributed by atoms with E-state index in [0.29, 0.717) is 13.2 Å². The lowest BCUT2D eigenvalue weighted by Crippen LogP contribution is -2.42. The second-order valence-electron chi connectivity index (χ2n) is 8.59. The van der Waals surface area contributed by atoms with Crippen molar-refractivity contribution in [2.75, 3.05) is 32.8 Å². The molecule has 2 unspecified atom stereocenters. The summed E-state index contributed by atoms with van der Waals surface area (Å²) in [5.41, 5.74) is 1.17. The summed E-state index contributed by atoms with van der Waals surface area (Å²) >= 11 is 0. The highest BCUT2D eigenvalue weighted by Crippen LogP contribution is 2.31. The first kappa shape index (κ1) is 24.7. The predicted octanol–water partition coefficient (Wildman–Crippen LogP) is 4.93. The fourth-order valence-electron chi connectivity index (χ4n) is 4.67. The van der Waals surface area contributed by atoms with Gasteiger partial charge in [0.05, 0.1) is 37.8 Å². The van der Waals surface area contributed by atoms with Gasteiger partial charge in [-0.1, -0.05) is 18.2 Å². The van der Waals surface area contributed by atoms with Gasteiger partial charge in [-0.3, -0.25) is 9.89 Å². The number of likely N-dealkylation sites (tertiary alicyclic amines) is 1. The smallest absolute Gasteiger partial charge is 0.191 e.